The second kappa shape index (κ2) is 4.22. The Morgan fingerprint density at radius 3 is 2.75 bits per heavy atom. The van der Waals surface area contributed by atoms with Crippen molar-refractivity contribution in [1.82, 2.24) is 19.7 Å². The number of imidazole rings is 1. The first-order valence-corrected chi connectivity index (χ1v) is 5.50. The highest BCUT2D eigenvalue weighted by Gasteiger charge is 2.13. The molecule has 84 valence electrons. The van der Waals surface area contributed by atoms with E-state index in [4.69, 9.17) is 11.6 Å². The molecule has 0 saturated heterocycles. The van der Waals surface area contributed by atoms with Gasteiger partial charge in [0.25, 0.3) is 0 Å². The Bertz CT molecular complexity index is 504. The van der Waals surface area contributed by atoms with E-state index in [2.05, 4.69) is 33.6 Å². The predicted octanol–water partition coefficient (Wildman–Crippen LogP) is 2.88. The van der Waals surface area contributed by atoms with Crippen LogP contribution in [-0.4, -0.2) is 19.7 Å². The van der Waals surface area contributed by atoms with E-state index in [1.165, 1.54) is 0 Å². The smallest absolute Gasteiger partial charge is 0.162 e. The minimum atomic E-state index is 0.335. The summed E-state index contributed by atoms with van der Waals surface area (Å²) in [7, 11) is 0. The molecule has 0 saturated carbocycles. The summed E-state index contributed by atoms with van der Waals surface area (Å²) in [5, 5.41) is 8.19. The average molecular weight is 237 g/mol. The number of aromatic nitrogens is 4. The molecule has 0 N–H and O–H groups in total. The molecule has 0 aliphatic carbocycles. The van der Waals surface area contributed by atoms with Crippen molar-refractivity contribution in [3.05, 3.63) is 29.3 Å². The van der Waals surface area contributed by atoms with Gasteiger partial charge in [0.15, 0.2) is 5.15 Å². The first kappa shape index (κ1) is 11.1. The lowest BCUT2D eigenvalue weighted by Crippen LogP contribution is -2.03. The van der Waals surface area contributed by atoms with E-state index in [1.807, 2.05) is 19.2 Å². The number of rotatable bonds is 2. The maximum absolute atomic E-state index is 6.04. The van der Waals surface area contributed by atoms with Crippen LogP contribution in [0.5, 0.6) is 0 Å². The van der Waals surface area contributed by atoms with Crippen molar-refractivity contribution in [3.63, 3.8) is 0 Å². The minimum absolute atomic E-state index is 0.335. The van der Waals surface area contributed by atoms with Gasteiger partial charge in [-0.15, -0.1) is 5.10 Å². The lowest BCUT2D eigenvalue weighted by molar-refractivity contribution is 0.606. The van der Waals surface area contributed by atoms with Crippen molar-refractivity contribution in [3.8, 4) is 11.4 Å². The van der Waals surface area contributed by atoms with Crippen molar-refractivity contribution < 1.29 is 0 Å². The lowest BCUT2D eigenvalue weighted by Gasteiger charge is -2.11. The molecule has 2 aromatic rings. The third-order valence-corrected chi connectivity index (χ3v) is 2.62. The van der Waals surface area contributed by atoms with Gasteiger partial charge in [-0.2, -0.15) is 5.10 Å². The summed E-state index contributed by atoms with van der Waals surface area (Å²) in [6.45, 7) is 6.08. The lowest BCUT2D eigenvalue weighted by atomic mass is 10.2. The molecule has 0 aliphatic heterocycles. The van der Waals surface area contributed by atoms with Gasteiger partial charge in [-0.1, -0.05) is 11.6 Å². The summed E-state index contributed by atoms with van der Waals surface area (Å²) in [6.07, 6.45) is 3.70. The topological polar surface area (TPSA) is 43.6 Å². The van der Waals surface area contributed by atoms with Gasteiger partial charge in [-0.05, 0) is 26.8 Å². The largest absolute Gasteiger partial charge is 0.328 e. The molecule has 16 heavy (non-hydrogen) atoms. The van der Waals surface area contributed by atoms with Crippen molar-refractivity contribution in [2.75, 3.05) is 0 Å². The van der Waals surface area contributed by atoms with E-state index >= 15 is 0 Å². The fourth-order valence-corrected chi connectivity index (χ4v) is 1.75. The van der Waals surface area contributed by atoms with Crippen molar-refractivity contribution in [2.24, 2.45) is 0 Å². The molecule has 0 unspecified atom stereocenters. The maximum Gasteiger partial charge on any atom is 0.162 e. The fraction of sp³-hybridized carbons (Fsp3) is 0.364. The number of halogens is 1. The molecule has 4 nitrogen and oxygen atoms in total. The SMILES string of the molecule is Cc1cc(-c2nccn2C(C)C)c(Cl)nn1. The van der Waals surface area contributed by atoms with Crippen LogP contribution < -0.4 is 0 Å². The Morgan fingerprint density at radius 1 is 1.31 bits per heavy atom. The van der Waals surface area contributed by atoms with E-state index in [-0.39, 0.29) is 0 Å². The monoisotopic (exact) mass is 236 g/mol. The molecule has 2 aromatic heterocycles. The summed E-state index contributed by atoms with van der Waals surface area (Å²) < 4.78 is 2.06. The highest BCUT2D eigenvalue weighted by atomic mass is 35.5. The van der Waals surface area contributed by atoms with Gasteiger partial charge in [0.1, 0.15) is 5.82 Å². The van der Waals surface area contributed by atoms with E-state index in [0.717, 1.165) is 17.1 Å². The van der Waals surface area contributed by atoms with E-state index in [9.17, 15) is 0 Å². The zero-order valence-corrected chi connectivity index (χ0v) is 10.2. The highest BCUT2D eigenvalue weighted by molar-refractivity contribution is 6.31. The van der Waals surface area contributed by atoms with E-state index in [1.54, 1.807) is 6.20 Å². The van der Waals surface area contributed by atoms with Crippen LogP contribution in [0.25, 0.3) is 11.4 Å². The van der Waals surface area contributed by atoms with Crippen LogP contribution in [0.1, 0.15) is 25.6 Å². The van der Waals surface area contributed by atoms with Crippen LogP contribution in [0.4, 0.5) is 0 Å². The fourth-order valence-electron chi connectivity index (χ4n) is 1.57. The Labute approximate surface area is 99.3 Å². The first-order valence-electron chi connectivity index (χ1n) is 5.12. The summed E-state index contributed by atoms with van der Waals surface area (Å²) >= 11 is 6.04. The van der Waals surface area contributed by atoms with Crippen molar-refractivity contribution >= 4 is 11.6 Å². The first-order chi connectivity index (χ1) is 7.59. The van der Waals surface area contributed by atoms with Crippen LogP contribution >= 0.6 is 11.6 Å². The van der Waals surface area contributed by atoms with Gasteiger partial charge in [-0.3, -0.25) is 0 Å². The quantitative estimate of drug-likeness (QED) is 0.805. The molecule has 0 bridgehead atoms. The highest BCUT2D eigenvalue weighted by Crippen LogP contribution is 2.26. The average Bonchev–Trinajstić information content (AvgIpc) is 2.70. The normalized spacial score (nSPS) is 11.1. The Hall–Kier alpha value is -1.42. The Balaban J connectivity index is 2.58. The predicted molar refractivity (Wildman–Crippen MR) is 63.4 cm³/mol. The Morgan fingerprint density at radius 2 is 2.06 bits per heavy atom. The van der Waals surface area contributed by atoms with Gasteiger partial charge in [0, 0.05) is 18.4 Å². The van der Waals surface area contributed by atoms with Gasteiger partial charge < -0.3 is 4.57 Å². The molecular formula is C11H13ClN4. The third-order valence-electron chi connectivity index (χ3n) is 2.34. The van der Waals surface area contributed by atoms with Gasteiger partial charge in [0.2, 0.25) is 0 Å². The summed E-state index contributed by atoms with van der Waals surface area (Å²) in [5.74, 6) is 0.831. The molecule has 0 amide bonds. The number of hydrogen-bond acceptors (Lipinski definition) is 3. The molecule has 0 spiro atoms. The van der Waals surface area contributed by atoms with Crippen LogP contribution in [0, 0.1) is 6.92 Å². The molecule has 2 heterocycles. The molecule has 0 atom stereocenters. The molecule has 0 radical (unpaired) electrons. The van der Waals surface area contributed by atoms with Crippen LogP contribution in [0.2, 0.25) is 5.15 Å². The van der Waals surface area contributed by atoms with E-state index in [0.29, 0.717) is 11.2 Å². The minimum Gasteiger partial charge on any atom is -0.328 e. The number of aryl methyl sites for hydroxylation is 1. The van der Waals surface area contributed by atoms with E-state index < -0.39 is 0 Å². The molecule has 0 aromatic carbocycles. The molecule has 0 fully saturated rings. The standard InChI is InChI=1S/C11H13ClN4/c1-7(2)16-5-4-13-11(16)9-6-8(3)14-15-10(9)12/h4-7H,1-3H3. The second-order valence-corrected chi connectivity index (χ2v) is 4.30. The zero-order valence-electron chi connectivity index (χ0n) is 9.48. The summed E-state index contributed by atoms with van der Waals surface area (Å²) in [4.78, 5) is 4.32. The van der Waals surface area contributed by atoms with Crippen molar-refractivity contribution in [2.45, 2.75) is 26.8 Å². The molecule has 5 heteroatoms. The van der Waals surface area contributed by atoms with Gasteiger partial charge in [-0.25, -0.2) is 4.98 Å². The summed E-state index contributed by atoms with van der Waals surface area (Å²) in [5.41, 5.74) is 1.66. The second-order valence-electron chi connectivity index (χ2n) is 3.94. The third kappa shape index (κ3) is 1.93. The van der Waals surface area contributed by atoms with Crippen molar-refractivity contribution in [1.29, 1.82) is 0 Å². The Kier molecular flexibility index (Phi) is 2.92. The maximum atomic E-state index is 6.04. The van der Waals surface area contributed by atoms with Crippen LogP contribution in [0.15, 0.2) is 18.5 Å². The molecule has 0 aliphatic rings. The zero-order chi connectivity index (χ0) is 11.7. The van der Waals surface area contributed by atoms with Gasteiger partial charge >= 0.3 is 0 Å². The number of hydrogen-bond donors (Lipinski definition) is 0. The summed E-state index contributed by atoms with van der Waals surface area (Å²) in [6, 6.07) is 2.23. The number of nitrogens with zero attached hydrogens (tertiary/aromatic N) is 4. The molecular weight excluding hydrogens is 224 g/mol. The van der Waals surface area contributed by atoms with Crippen LogP contribution in [-0.2, 0) is 0 Å². The molecule has 2 rings (SSSR count). The van der Waals surface area contributed by atoms with Crippen LogP contribution in [0.3, 0.4) is 0 Å². The van der Waals surface area contributed by atoms with Gasteiger partial charge in [0.05, 0.1) is 11.3 Å².